The van der Waals surface area contributed by atoms with Crippen molar-refractivity contribution < 1.29 is 0 Å². The van der Waals surface area contributed by atoms with E-state index in [0.29, 0.717) is 0 Å². The maximum atomic E-state index is 3.52. The third-order valence-electron chi connectivity index (χ3n) is 3.88. The van der Waals surface area contributed by atoms with Gasteiger partial charge < -0.3 is 0 Å². The average molecular weight is 446 g/mol. The normalized spacial score (nSPS) is 10.1. The zero-order valence-corrected chi connectivity index (χ0v) is 17.7. The summed E-state index contributed by atoms with van der Waals surface area (Å²) in [6.45, 7) is 8.29. The van der Waals surface area contributed by atoms with Gasteiger partial charge in [0.15, 0.2) is 0 Å². The van der Waals surface area contributed by atoms with Gasteiger partial charge in [-0.2, -0.15) is 0 Å². The Kier molecular flexibility index (Phi) is 6.82. The molecule has 0 aliphatic rings. The first-order valence-electron chi connectivity index (χ1n) is 8.18. The largest absolute Gasteiger partial charge is 0.0683 e. The van der Waals surface area contributed by atoms with Crippen LogP contribution < -0.4 is 0 Å². The van der Waals surface area contributed by atoms with E-state index in [9.17, 15) is 0 Å². The number of benzene rings is 3. The van der Waals surface area contributed by atoms with Gasteiger partial charge in [0.2, 0.25) is 0 Å². The van der Waals surface area contributed by atoms with Gasteiger partial charge in [-0.15, -0.1) is 0 Å². The second-order valence-electron chi connectivity index (χ2n) is 5.50. The summed E-state index contributed by atoms with van der Waals surface area (Å²) >= 11 is 7.04. The van der Waals surface area contributed by atoms with Crippen LogP contribution in [0.4, 0.5) is 0 Å². The molecule has 3 aromatic carbocycles. The average Bonchev–Trinajstić information content (AvgIpc) is 2.57. The number of aryl methyl sites for hydroxylation is 2. The van der Waals surface area contributed by atoms with Gasteiger partial charge in [0.25, 0.3) is 0 Å². The summed E-state index contributed by atoms with van der Waals surface area (Å²) in [5.41, 5.74) is 7.63. The SMILES string of the molecule is CC.Cc1cc(Br)ccc1-c1ccc(-c2ccc(Br)cc2C)cc1. The predicted molar refractivity (Wildman–Crippen MR) is 114 cm³/mol. The fourth-order valence-corrected chi connectivity index (χ4v) is 3.68. The van der Waals surface area contributed by atoms with Crippen molar-refractivity contribution in [2.75, 3.05) is 0 Å². The van der Waals surface area contributed by atoms with Crippen molar-refractivity contribution in [3.63, 3.8) is 0 Å². The summed E-state index contributed by atoms with van der Waals surface area (Å²) in [6.07, 6.45) is 0. The fourth-order valence-electron chi connectivity index (χ4n) is 2.73. The Balaban J connectivity index is 0.00000100. The molecule has 0 aromatic heterocycles. The summed E-state index contributed by atoms with van der Waals surface area (Å²) < 4.78 is 2.24. The van der Waals surface area contributed by atoms with Crippen LogP contribution in [-0.4, -0.2) is 0 Å². The Morgan fingerprint density at radius 3 is 1.17 bits per heavy atom. The molecule has 0 fully saturated rings. The molecule has 3 aromatic rings. The first-order chi connectivity index (χ1) is 11.5. The second-order valence-corrected chi connectivity index (χ2v) is 7.33. The molecule has 0 unspecified atom stereocenters. The maximum absolute atomic E-state index is 3.52. The number of rotatable bonds is 2. The van der Waals surface area contributed by atoms with Crippen molar-refractivity contribution in [1.82, 2.24) is 0 Å². The molecule has 0 N–H and O–H groups in total. The van der Waals surface area contributed by atoms with E-state index in [1.165, 1.54) is 33.4 Å². The highest BCUT2D eigenvalue weighted by molar-refractivity contribution is 9.10. The highest BCUT2D eigenvalue weighted by Crippen LogP contribution is 2.30. The first kappa shape index (κ1) is 19.0. The third-order valence-corrected chi connectivity index (χ3v) is 4.87. The number of hydrogen-bond acceptors (Lipinski definition) is 0. The predicted octanol–water partition coefficient (Wildman–Crippen LogP) is 8.19. The van der Waals surface area contributed by atoms with Crippen LogP contribution in [0, 0.1) is 13.8 Å². The number of halogens is 2. The summed E-state index contributed by atoms with van der Waals surface area (Å²) in [6, 6.07) is 21.6. The van der Waals surface area contributed by atoms with E-state index in [1.54, 1.807) is 0 Å². The molecule has 0 atom stereocenters. The molecule has 0 radical (unpaired) electrons. The lowest BCUT2D eigenvalue weighted by Gasteiger charge is -2.10. The van der Waals surface area contributed by atoms with Crippen molar-refractivity contribution in [2.45, 2.75) is 27.7 Å². The van der Waals surface area contributed by atoms with E-state index in [1.807, 2.05) is 13.8 Å². The van der Waals surface area contributed by atoms with Gasteiger partial charge >= 0.3 is 0 Å². The molecule has 3 rings (SSSR count). The van der Waals surface area contributed by atoms with E-state index in [0.717, 1.165) is 8.95 Å². The van der Waals surface area contributed by atoms with Gasteiger partial charge in [0.1, 0.15) is 0 Å². The molecule has 0 saturated carbocycles. The zero-order valence-electron chi connectivity index (χ0n) is 14.5. The Morgan fingerprint density at radius 2 is 0.875 bits per heavy atom. The van der Waals surface area contributed by atoms with Crippen LogP contribution in [0.15, 0.2) is 69.6 Å². The molecule has 0 aliphatic carbocycles. The van der Waals surface area contributed by atoms with E-state index in [4.69, 9.17) is 0 Å². The standard InChI is InChI=1S/C20H16Br2.C2H6/c1-13-11-17(21)7-9-19(13)15-3-5-16(6-4-15)20-10-8-18(22)12-14(20)2;1-2/h3-12H,1-2H3;1-2H3. The van der Waals surface area contributed by atoms with Gasteiger partial charge in [-0.25, -0.2) is 0 Å². The Morgan fingerprint density at radius 1 is 0.542 bits per heavy atom. The second kappa shape index (κ2) is 8.64. The monoisotopic (exact) mass is 444 g/mol. The summed E-state index contributed by atoms with van der Waals surface area (Å²) in [5.74, 6) is 0. The Hall–Kier alpha value is -1.38. The smallest absolute Gasteiger partial charge is 0.0178 e. The van der Waals surface area contributed by atoms with Crippen LogP contribution in [0.3, 0.4) is 0 Å². The summed E-state index contributed by atoms with van der Waals surface area (Å²) in [4.78, 5) is 0. The highest BCUT2D eigenvalue weighted by Gasteiger charge is 2.05. The van der Waals surface area contributed by atoms with Crippen molar-refractivity contribution in [1.29, 1.82) is 0 Å². The Bertz CT molecular complexity index is 747. The van der Waals surface area contributed by atoms with Crippen molar-refractivity contribution in [2.24, 2.45) is 0 Å². The zero-order chi connectivity index (χ0) is 17.7. The molecule has 2 heteroatoms. The van der Waals surface area contributed by atoms with Crippen LogP contribution in [0.1, 0.15) is 25.0 Å². The molecule has 0 aliphatic heterocycles. The minimum Gasteiger partial charge on any atom is -0.0683 e. The molecule has 0 saturated heterocycles. The first-order valence-corrected chi connectivity index (χ1v) is 9.76. The van der Waals surface area contributed by atoms with Gasteiger partial charge in [-0.3, -0.25) is 0 Å². The summed E-state index contributed by atoms with van der Waals surface area (Å²) in [7, 11) is 0. The van der Waals surface area contributed by atoms with Gasteiger partial charge in [-0.05, 0) is 71.5 Å². The topological polar surface area (TPSA) is 0 Å². The van der Waals surface area contributed by atoms with Gasteiger partial charge in [-0.1, -0.05) is 82.1 Å². The lowest BCUT2D eigenvalue weighted by molar-refractivity contribution is 1.42. The molecule has 0 bridgehead atoms. The summed E-state index contributed by atoms with van der Waals surface area (Å²) in [5, 5.41) is 0. The molecule has 124 valence electrons. The van der Waals surface area contributed by atoms with Crippen molar-refractivity contribution in [3.05, 3.63) is 80.7 Å². The van der Waals surface area contributed by atoms with Crippen molar-refractivity contribution >= 4 is 31.9 Å². The molecular weight excluding hydrogens is 424 g/mol. The van der Waals surface area contributed by atoms with E-state index >= 15 is 0 Å². The van der Waals surface area contributed by atoms with Crippen LogP contribution in [0.2, 0.25) is 0 Å². The molecule has 0 spiro atoms. The molecular formula is C22H22Br2. The molecule has 24 heavy (non-hydrogen) atoms. The maximum Gasteiger partial charge on any atom is 0.0178 e. The van der Waals surface area contributed by atoms with Crippen molar-refractivity contribution in [3.8, 4) is 22.3 Å². The molecule has 0 heterocycles. The van der Waals surface area contributed by atoms with E-state index in [2.05, 4.69) is 106 Å². The van der Waals surface area contributed by atoms with E-state index < -0.39 is 0 Å². The minimum absolute atomic E-state index is 1.12. The van der Waals surface area contributed by atoms with Crippen LogP contribution in [-0.2, 0) is 0 Å². The van der Waals surface area contributed by atoms with Crippen LogP contribution in [0.25, 0.3) is 22.3 Å². The number of hydrogen-bond donors (Lipinski definition) is 0. The van der Waals surface area contributed by atoms with Gasteiger partial charge in [0, 0.05) is 8.95 Å². The lowest BCUT2D eigenvalue weighted by Crippen LogP contribution is -1.86. The quantitative estimate of drug-likeness (QED) is 0.372. The van der Waals surface area contributed by atoms with Crippen LogP contribution in [0.5, 0.6) is 0 Å². The molecule has 0 amide bonds. The highest BCUT2D eigenvalue weighted by atomic mass is 79.9. The van der Waals surface area contributed by atoms with Gasteiger partial charge in [0.05, 0.1) is 0 Å². The fraction of sp³-hybridized carbons (Fsp3) is 0.182. The lowest BCUT2D eigenvalue weighted by atomic mass is 9.96. The minimum atomic E-state index is 1.12. The Labute approximate surface area is 162 Å². The molecule has 0 nitrogen and oxygen atoms in total. The van der Waals surface area contributed by atoms with Crippen LogP contribution >= 0.6 is 31.9 Å². The van der Waals surface area contributed by atoms with E-state index in [-0.39, 0.29) is 0 Å². The third kappa shape index (κ3) is 4.37.